The lowest BCUT2D eigenvalue weighted by molar-refractivity contribution is -0.200. The average Bonchev–Trinajstić information content (AvgIpc) is 2.33. The van der Waals surface area contributed by atoms with Gasteiger partial charge in [-0.15, -0.1) is 0 Å². The van der Waals surface area contributed by atoms with Crippen LogP contribution in [0.3, 0.4) is 0 Å². The van der Waals surface area contributed by atoms with E-state index in [1.807, 2.05) is 0 Å². The van der Waals surface area contributed by atoms with E-state index in [1.54, 1.807) is 0 Å². The van der Waals surface area contributed by atoms with Crippen molar-refractivity contribution in [2.45, 2.75) is 26.4 Å². The van der Waals surface area contributed by atoms with E-state index < -0.39 is 24.5 Å². The van der Waals surface area contributed by atoms with E-state index in [0.717, 1.165) is 0 Å². The van der Waals surface area contributed by atoms with Crippen molar-refractivity contribution < 1.29 is 23.8 Å². The zero-order valence-electron chi connectivity index (χ0n) is 7.35. The maximum absolute atomic E-state index is 10.5. The Labute approximate surface area is 75.3 Å². The average molecular weight is 186 g/mol. The molecule has 1 heterocycles. The minimum absolute atomic E-state index is 0.446. The van der Waals surface area contributed by atoms with Gasteiger partial charge in [-0.2, -0.15) is 0 Å². The molecule has 0 aromatic carbocycles. The first kappa shape index (κ1) is 9.73. The van der Waals surface area contributed by atoms with E-state index in [1.165, 1.54) is 26.0 Å². The van der Waals surface area contributed by atoms with Crippen LogP contribution in [0.5, 0.6) is 0 Å². The van der Waals surface area contributed by atoms with Gasteiger partial charge >= 0.3 is 11.9 Å². The zero-order valence-corrected chi connectivity index (χ0v) is 7.35. The molecule has 0 saturated carbocycles. The Morgan fingerprint density at radius 2 is 1.46 bits per heavy atom. The molecule has 1 aliphatic heterocycles. The Morgan fingerprint density at radius 3 is 1.77 bits per heavy atom. The Morgan fingerprint density at radius 1 is 1.08 bits per heavy atom. The maximum Gasteiger partial charge on any atom is 0.305 e. The normalized spacial score (nSPS) is 25.7. The Hall–Kier alpha value is -1.36. The van der Waals surface area contributed by atoms with Crippen LogP contribution in [0, 0.1) is 0 Å². The minimum atomic E-state index is -0.748. The molecule has 0 N–H and O–H groups in total. The molecule has 0 unspecified atom stereocenters. The molecule has 0 aliphatic carbocycles. The summed E-state index contributed by atoms with van der Waals surface area (Å²) in [6.07, 6.45) is 1.52. The molecule has 0 spiro atoms. The third-order valence-electron chi connectivity index (χ3n) is 1.26. The van der Waals surface area contributed by atoms with E-state index in [4.69, 9.17) is 4.74 Å². The van der Waals surface area contributed by atoms with Crippen LogP contribution in [0.15, 0.2) is 12.2 Å². The molecule has 13 heavy (non-hydrogen) atoms. The summed E-state index contributed by atoms with van der Waals surface area (Å²) in [7, 11) is 0. The van der Waals surface area contributed by atoms with Gasteiger partial charge in [0, 0.05) is 13.8 Å². The van der Waals surface area contributed by atoms with Crippen LogP contribution < -0.4 is 0 Å². The molecule has 1 rings (SSSR count). The highest BCUT2D eigenvalue weighted by molar-refractivity contribution is 5.66. The van der Waals surface area contributed by atoms with Crippen molar-refractivity contribution >= 4 is 11.9 Å². The Balaban J connectivity index is 2.33. The summed E-state index contributed by atoms with van der Waals surface area (Å²) in [6.45, 7) is 2.55. The van der Waals surface area contributed by atoms with E-state index >= 15 is 0 Å². The zero-order chi connectivity index (χ0) is 9.84. The molecule has 0 radical (unpaired) electrons. The van der Waals surface area contributed by atoms with Crippen molar-refractivity contribution in [1.82, 2.24) is 0 Å². The standard InChI is InChI=1S/C8H10O5/c1-5(9)11-7-3-4-8(13-7)12-6(2)10/h3-4,7-8H,1-2H3/t7-,8+. The number of ether oxygens (including phenoxy) is 3. The van der Waals surface area contributed by atoms with Crippen LogP contribution in [0.2, 0.25) is 0 Å². The molecule has 0 bridgehead atoms. The van der Waals surface area contributed by atoms with Gasteiger partial charge in [-0.25, -0.2) is 0 Å². The molecule has 5 nitrogen and oxygen atoms in total. The Kier molecular flexibility index (Phi) is 3.02. The highest BCUT2D eigenvalue weighted by Gasteiger charge is 2.22. The highest BCUT2D eigenvalue weighted by Crippen LogP contribution is 2.13. The van der Waals surface area contributed by atoms with Gasteiger partial charge in [-0.1, -0.05) is 0 Å². The fraction of sp³-hybridized carbons (Fsp3) is 0.500. The van der Waals surface area contributed by atoms with Crippen LogP contribution in [0.1, 0.15) is 13.8 Å². The van der Waals surface area contributed by atoms with Crippen LogP contribution in [-0.4, -0.2) is 24.5 Å². The van der Waals surface area contributed by atoms with Crippen LogP contribution in [0.25, 0.3) is 0 Å². The lowest BCUT2D eigenvalue weighted by atomic mass is 10.5. The highest BCUT2D eigenvalue weighted by atomic mass is 16.8. The van der Waals surface area contributed by atoms with E-state index in [2.05, 4.69) is 9.47 Å². The second-order valence-electron chi connectivity index (χ2n) is 2.48. The van der Waals surface area contributed by atoms with Crippen molar-refractivity contribution in [2.24, 2.45) is 0 Å². The molecule has 0 aromatic heterocycles. The Bertz CT molecular complexity index is 221. The molecule has 5 heteroatoms. The van der Waals surface area contributed by atoms with Gasteiger partial charge in [0.2, 0.25) is 12.6 Å². The number of hydrogen-bond donors (Lipinski definition) is 0. The second-order valence-corrected chi connectivity index (χ2v) is 2.48. The van der Waals surface area contributed by atoms with E-state index in [9.17, 15) is 9.59 Å². The van der Waals surface area contributed by atoms with Gasteiger partial charge in [-0.3, -0.25) is 14.3 Å². The smallest absolute Gasteiger partial charge is 0.305 e. The van der Waals surface area contributed by atoms with Crippen LogP contribution >= 0.6 is 0 Å². The third-order valence-corrected chi connectivity index (χ3v) is 1.26. The summed E-state index contributed by atoms with van der Waals surface area (Å²) in [5.41, 5.74) is 0. The van der Waals surface area contributed by atoms with Crippen LogP contribution in [-0.2, 0) is 23.8 Å². The SMILES string of the molecule is CC(=O)O[C@H]1C=C[C@@H](OC(C)=O)O1. The summed E-state index contributed by atoms with van der Waals surface area (Å²) in [6, 6.07) is 0. The topological polar surface area (TPSA) is 61.8 Å². The first-order chi connectivity index (χ1) is 6.08. The maximum atomic E-state index is 10.5. The molecule has 0 saturated heterocycles. The summed E-state index contributed by atoms with van der Waals surface area (Å²) in [4.78, 5) is 21.0. The number of carbonyl (C=O) groups excluding carboxylic acids is 2. The molecule has 0 fully saturated rings. The van der Waals surface area contributed by atoms with Gasteiger partial charge in [-0.05, 0) is 12.2 Å². The van der Waals surface area contributed by atoms with Crippen LogP contribution in [0.4, 0.5) is 0 Å². The van der Waals surface area contributed by atoms with Gasteiger partial charge in [0.15, 0.2) is 0 Å². The van der Waals surface area contributed by atoms with Gasteiger partial charge in [0.05, 0.1) is 0 Å². The summed E-state index contributed by atoms with van der Waals surface area (Å²) >= 11 is 0. The quantitative estimate of drug-likeness (QED) is 0.460. The number of hydrogen-bond acceptors (Lipinski definition) is 5. The predicted octanol–water partition coefficient (Wildman–Crippen LogP) is 0.351. The molecule has 2 atom stereocenters. The van der Waals surface area contributed by atoms with Crippen molar-refractivity contribution in [3.05, 3.63) is 12.2 Å². The van der Waals surface area contributed by atoms with E-state index in [0.29, 0.717) is 0 Å². The summed E-state index contributed by atoms with van der Waals surface area (Å²) in [5.74, 6) is -0.892. The van der Waals surface area contributed by atoms with E-state index in [-0.39, 0.29) is 0 Å². The van der Waals surface area contributed by atoms with Crippen molar-refractivity contribution in [2.75, 3.05) is 0 Å². The third kappa shape index (κ3) is 3.25. The number of carbonyl (C=O) groups is 2. The predicted molar refractivity (Wildman–Crippen MR) is 41.3 cm³/mol. The molecular weight excluding hydrogens is 176 g/mol. The first-order valence-corrected chi connectivity index (χ1v) is 3.76. The first-order valence-electron chi connectivity index (χ1n) is 3.76. The molecule has 0 amide bonds. The van der Waals surface area contributed by atoms with Gasteiger partial charge < -0.3 is 9.47 Å². The molecule has 72 valence electrons. The van der Waals surface area contributed by atoms with Gasteiger partial charge in [0.25, 0.3) is 0 Å². The fourth-order valence-electron chi connectivity index (χ4n) is 0.866. The lowest BCUT2D eigenvalue weighted by Crippen LogP contribution is -2.21. The minimum Gasteiger partial charge on any atom is -0.432 e. The van der Waals surface area contributed by atoms with Crippen molar-refractivity contribution in [3.8, 4) is 0 Å². The summed E-state index contributed by atoms with van der Waals surface area (Å²) in [5, 5.41) is 0. The fourth-order valence-corrected chi connectivity index (χ4v) is 0.866. The number of esters is 2. The largest absolute Gasteiger partial charge is 0.432 e. The molecule has 1 aliphatic rings. The van der Waals surface area contributed by atoms with Gasteiger partial charge in [0.1, 0.15) is 0 Å². The number of rotatable bonds is 2. The monoisotopic (exact) mass is 186 g/mol. The lowest BCUT2D eigenvalue weighted by Gasteiger charge is -2.12. The second kappa shape index (κ2) is 4.04. The van der Waals surface area contributed by atoms with Crippen molar-refractivity contribution in [3.63, 3.8) is 0 Å². The molecule has 0 aromatic rings. The van der Waals surface area contributed by atoms with Crippen molar-refractivity contribution in [1.29, 1.82) is 0 Å². The summed E-state index contributed by atoms with van der Waals surface area (Å²) < 4.78 is 14.4. The molecular formula is C8H10O5.